The molecule has 2 aromatic carbocycles. The van der Waals surface area contributed by atoms with Gasteiger partial charge in [-0.2, -0.15) is 0 Å². The summed E-state index contributed by atoms with van der Waals surface area (Å²) in [5, 5.41) is 4.26. The van der Waals surface area contributed by atoms with Crippen molar-refractivity contribution < 1.29 is 22.3 Å². The summed E-state index contributed by atoms with van der Waals surface area (Å²) in [5.74, 6) is -1.37. The van der Waals surface area contributed by atoms with E-state index in [1.807, 2.05) is 22.9 Å². The van der Waals surface area contributed by atoms with Crippen LogP contribution in [0.4, 0.5) is 10.1 Å². The topological polar surface area (TPSA) is 118 Å². The van der Waals surface area contributed by atoms with Gasteiger partial charge in [0.2, 0.25) is 0 Å². The van der Waals surface area contributed by atoms with Gasteiger partial charge in [0.1, 0.15) is 10.6 Å². The van der Waals surface area contributed by atoms with Crippen molar-refractivity contribution in [3.05, 3.63) is 98.5 Å². The summed E-state index contributed by atoms with van der Waals surface area (Å²) in [5.41, 5.74) is 0.714. The Bertz CT molecular complexity index is 1830. The zero-order valence-corrected chi connectivity index (χ0v) is 22.5. The first-order chi connectivity index (χ1) is 18.1. The summed E-state index contributed by atoms with van der Waals surface area (Å²) < 4.78 is 47.4. The molecule has 0 aliphatic rings. The summed E-state index contributed by atoms with van der Waals surface area (Å²) in [7, 11) is -4.19. The lowest BCUT2D eigenvalue weighted by atomic mass is 10.1. The number of ether oxygens (including phenoxy) is 1. The number of aromatic nitrogens is 2. The zero-order valence-electron chi connectivity index (χ0n) is 20.0. The average Bonchev–Trinajstić information content (AvgIpc) is 3.55. The minimum absolute atomic E-state index is 0.00721. The second-order valence-corrected chi connectivity index (χ2v) is 11.9. The number of sulfonamides is 1. The third-order valence-corrected chi connectivity index (χ3v) is 8.91. The molecule has 0 spiro atoms. The van der Waals surface area contributed by atoms with E-state index in [9.17, 15) is 22.4 Å². The molecule has 0 bridgehead atoms. The van der Waals surface area contributed by atoms with Crippen LogP contribution in [0.2, 0.25) is 0 Å². The Kier molecular flexibility index (Phi) is 6.86. The molecule has 8 nitrogen and oxygen atoms in total. The monoisotopic (exact) mass is 569 g/mol. The molecule has 38 heavy (non-hydrogen) atoms. The van der Waals surface area contributed by atoms with Gasteiger partial charge in [-0.3, -0.25) is 9.52 Å². The van der Waals surface area contributed by atoms with Crippen molar-refractivity contribution in [2.24, 2.45) is 0 Å². The molecular formula is C26H20FN3O5S3. The average molecular weight is 570 g/mol. The molecule has 2 N–H and O–H groups in total. The normalized spacial score (nSPS) is 12.4. The van der Waals surface area contributed by atoms with Gasteiger partial charge in [-0.15, -0.1) is 22.7 Å². The lowest BCUT2D eigenvalue weighted by molar-refractivity contribution is 0.0319. The molecule has 0 radical (unpaired) electrons. The molecule has 3 heterocycles. The molecule has 0 saturated heterocycles. The number of halogens is 1. The SMILES string of the molecule is Cc1ccc(S(=O)(=O)Nc2ccccc2F)cc1C(=O)O[C@H](C)c1nc2scc(-c3cccs3)c2c(=O)[nH]1. The van der Waals surface area contributed by atoms with Crippen LogP contribution in [0.15, 0.2) is 75.0 Å². The summed E-state index contributed by atoms with van der Waals surface area (Å²) in [6.07, 6.45) is -0.928. The van der Waals surface area contributed by atoms with Crippen LogP contribution in [-0.2, 0) is 14.8 Å². The largest absolute Gasteiger partial charge is 0.451 e. The highest BCUT2D eigenvalue weighted by Gasteiger charge is 2.23. The smallest absolute Gasteiger partial charge is 0.339 e. The maximum absolute atomic E-state index is 14.0. The predicted octanol–water partition coefficient (Wildman–Crippen LogP) is 5.88. The maximum atomic E-state index is 14.0. The number of H-pyrrole nitrogens is 1. The van der Waals surface area contributed by atoms with E-state index in [4.69, 9.17) is 4.74 Å². The number of hydrogen-bond donors (Lipinski definition) is 2. The minimum Gasteiger partial charge on any atom is -0.451 e. The molecule has 0 unspecified atom stereocenters. The molecule has 12 heteroatoms. The van der Waals surface area contributed by atoms with Crippen LogP contribution in [0.1, 0.15) is 34.8 Å². The summed E-state index contributed by atoms with van der Waals surface area (Å²) in [6, 6.07) is 13.1. The van der Waals surface area contributed by atoms with Crippen molar-refractivity contribution in [2.75, 3.05) is 4.72 Å². The number of carbonyl (C=O) groups excluding carboxylic acids is 1. The number of nitrogens with zero attached hydrogens (tertiary/aromatic N) is 1. The molecular weight excluding hydrogens is 550 g/mol. The van der Waals surface area contributed by atoms with E-state index in [0.717, 1.165) is 16.5 Å². The van der Waals surface area contributed by atoms with Crippen LogP contribution in [0, 0.1) is 12.7 Å². The van der Waals surface area contributed by atoms with Gasteiger partial charge >= 0.3 is 5.97 Å². The number of esters is 1. The van der Waals surface area contributed by atoms with Crippen molar-refractivity contribution in [1.82, 2.24) is 9.97 Å². The predicted molar refractivity (Wildman–Crippen MR) is 146 cm³/mol. The molecule has 0 fully saturated rings. The van der Waals surface area contributed by atoms with Crippen molar-refractivity contribution >= 4 is 54.6 Å². The van der Waals surface area contributed by atoms with Crippen molar-refractivity contribution in [3.8, 4) is 10.4 Å². The van der Waals surface area contributed by atoms with Crippen LogP contribution in [0.25, 0.3) is 20.7 Å². The molecule has 0 saturated carbocycles. The number of para-hydroxylation sites is 1. The van der Waals surface area contributed by atoms with Crippen molar-refractivity contribution in [1.29, 1.82) is 0 Å². The Labute approximate surface area is 224 Å². The van der Waals surface area contributed by atoms with Crippen molar-refractivity contribution in [3.63, 3.8) is 0 Å². The summed E-state index contributed by atoms with van der Waals surface area (Å²) in [6.45, 7) is 3.19. The number of rotatable bonds is 7. The molecule has 5 aromatic rings. The summed E-state index contributed by atoms with van der Waals surface area (Å²) in [4.78, 5) is 34.4. The number of anilines is 1. The van der Waals surface area contributed by atoms with Crippen LogP contribution >= 0.6 is 22.7 Å². The number of aryl methyl sites for hydroxylation is 1. The standard InChI is InChI=1S/C26H20FN3O5S3/c1-14-9-10-16(38(33,34)30-20-7-4-3-6-19(20)27)12-17(14)26(32)35-15(2)23-28-24(31)22-18(13-37-25(22)29-23)21-8-5-11-36-21/h3-13,15,30H,1-2H3,(H,28,29,31)/t15-/m1/s1. The van der Waals surface area contributed by atoms with Gasteiger partial charge in [0, 0.05) is 15.8 Å². The first-order valence-corrected chi connectivity index (χ1v) is 14.5. The number of carbonyl (C=O) groups is 1. The highest BCUT2D eigenvalue weighted by atomic mass is 32.2. The zero-order chi connectivity index (χ0) is 27.0. The lowest BCUT2D eigenvalue weighted by Crippen LogP contribution is -2.18. The van der Waals surface area contributed by atoms with E-state index in [1.165, 1.54) is 59.1 Å². The molecule has 0 aliphatic heterocycles. The van der Waals surface area contributed by atoms with Gasteiger partial charge in [-0.1, -0.05) is 24.3 Å². The van der Waals surface area contributed by atoms with Crippen molar-refractivity contribution in [2.45, 2.75) is 24.8 Å². The number of aromatic amines is 1. The van der Waals surface area contributed by atoms with Gasteiger partial charge in [0.05, 0.1) is 21.5 Å². The van der Waals surface area contributed by atoms with E-state index < -0.39 is 27.9 Å². The quantitative estimate of drug-likeness (QED) is 0.236. The third-order valence-electron chi connectivity index (χ3n) is 5.78. The maximum Gasteiger partial charge on any atom is 0.339 e. The van der Waals surface area contributed by atoms with E-state index in [-0.39, 0.29) is 27.5 Å². The second kappa shape index (κ2) is 10.1. The van der Waals surface area contributed by atoms with Gasteiger partial charge in [0.15, 0.2) is 11.9 Å². The number of fused-ring (bicyclic) bond motifs is 1. The molecule has 0 amide bonds. The Morgan fingerprint density at radius 2 is 1.92 bits per heavy atom. The molecule has 3 aromatic heterocycles. The van der Waals surface area contributed by atoms with Crippen LogP contribution in [-0.4, -0.2) is 24.4 Å². The van der Waals surface area contributed by atoms with Gasteiger partial charge in [-0.25, -0.2) is 22.6 Å². The Hall–Kier alpha value is -3.87. The number of thiophene rings is 2. The number of nitrogens with one attached hydrogen (secondary N) is 2. The molecule has 1 atom stereocenters. The van der Waals surface area contributed by atoms with E-state index in [0.29, 0.717) is 15.8 Å². The lowest BCUT2D eigenvalue weighted by Gasteiger charge is -2.15. The fraction of sp³-hybridized carbons (Fsp3) is 0.115. The van der Waals surface area contributed by atoms with E-state index in [2.05, 4.69) is 14.7 Å². The van der Waals surface area contributed by atoms with Crippen LogP contribution in [0.3, 0.4) is 0 Å². The highest BCUT2D eigenvalue weighted by Crippen LogP contribution is 2.34. The molecule has 194 valence electrons. The summed E-state index contributed by atoms with van der Waals surface area (Å²) >= 11 is 2.83. The van der Waals surface area contributed by atoms with E-state index >= 15 is 0 Å². The number of benzene rings is 2. The first kappa shape index (κ1) is 25.8. The third kappa shape index (κ3) is 4.97. The highest BCUT2D eigenvalue weighted by molar-refractivity contribution is 7.92. The first-order valence-electron chi connectivity index (χ1n) is 11.3. The van der Waals surface area contributed by atoms with Crippen LogP contribution < -0.4 is 10.3 Å². The Morgan fingerprint density at radius 3 is 2.66 bits per heavy atom. The fourth-order valence-electron chi connectivity index (χ4n) is 3.79. The fourth-order valence-corrected chi connectivity index (χ4v) is 6.65. The molecule has 5 rings (SSSR count). The van der Waals surface area contributed by atoms with E-state index in [1.54, 1.807) is 13.8 Å². The van der Waals surface area contributed by atoms with Gasteiger partial charge in [-0.05, 0) is 55.1 Å². The molecule has 0 aliphatic carbocycles. The Morgan fingerprint density at radius 1 is 1.13 bits per heavy atom. The Balaban J connectivity index is 1.39. The van der Waals surface area contributed by atoms with Gasteiger partial charge < -0.3 is 9.72 Å². The number of hydrogen-bond acceptors (Lipinski definition) is 8. The second-order valence-electron chi connectivity index (χ2n) is 8.37. The van der Waals surface area contributed by atoms with Crippen LogP contribution in [0.5, 0.6) is 0 Å². The van der Waals surface area contributed by atoms with Gasteiger partial charge in [0.25, 0.3) is 15.6 Å². The minimum atomic E-state index is -4.19.